The van der Waals surface area contributed by atoms with E-state index in [2.05, 4.69) is 22.6 Å². The van der Waals surface area contributed by atoms with Crippen LogP contribution < -0.4 is 10.6 Å². The first-order chi connectivity index (χ1) is 15.5. The zero-order chi connectivity index (χ0) is 22.1. The van der Waals surface area contributed by atoms with Gasteiger partial charge in [-0.15, -0.1) is 0 Å². The number of carbonyl (C=O) groups excluding carboxylic acids is 2. The number of benzene rings is 1. The number of likely N-dealkylation sites (N-methyl/N-ethyl adjacent to an activating group) is 1. The molecule has 0 spiro atoms. The lowest BCUT2D eigenvalue weighted by molar-refractivity contribution is -0.118. The third kappa shape index (κ3) is 4.60. The van der Waals surface area contributed by atoms with E-state index in [1.807, 2.05) is 12.1 Å². The molecule has 2 N–H and O–H groups in total. The van der Waals surface area contributed by atoms with E-state index >= 15 is 0 Å². The summed E-state index contributed by atoms with van der Waals surface area (Å²) in [6, 6.07) is 10.7. The van der Waals surface area contributed by atoms with Crippen LogP contribution in [0, 0.1) is 23.2 Å². The van der Waals surface area contributed by atoms with Gasteiger partial charge in [-0.2, -0.15) is 0 Å². The molecular weight excluding hydrogens is 402 g/mol. The Labute approximate surface area is 189 Å². The van der Waals surface area contributed by atoms with Crippen LogP contribution in [0.25, 0.3) is 0 Å². The van der Waals surface area contributed by atoms with Crippen LogP contribution in [0.2, 0.25) is 0 Å². The second kappa shape index (κ2) is 8.74. The number of hydrogen-bond acceptors (Lipinski definition) is 4. The maximum absolute atomic E-state index is 12.8. The van der Waals surface area contributed by atoms with Gasteiger partial charge in [-0.1, -0.05) is 12.1 Å². The molecule has 0 aliphatic heterocycles. The van der Waals surface area contributed by atoms with Crippen LogP contribution in [-0.2, 0) is 11.3 Å². The molecule has 0 saturated heterocycles. The van der Waals surface area contributed by atoms with E-state index in [9.17, 15) is 9.59 Å². The number of rotatable bonds is 8. The van der Waals surface area contributed by atoms with Crippen molar-refractivity contribution in [1.29, 1.82) is 0 Å². The minimum atomic E-state index is -0.237. The Morgan fingerprint density at radius 2 is 1.72 bits per heavy atom. The molecule has 4 fully saturated rings. The third-order valence-corrected chi connectivity index (χ3v) is 7.63. The maximum Gasteiger partial charge on any atom is 0.253 e. The Balaban J connectivity index is 1.17. The molecule has 1 heterocycles. The van der Waals surface area contributed by atoms with Crippen molar-refractivity contribution in [3.63, 3.8) is 0 Å². The third-order valence-electron chi connectivity index (χ3n) is 7.63. The van der Waals surface area contributed by atoms with E-state index in [0.717, 1.165) is 24.3 Å². The molecule has 6 heteroatoms. The second-order valence-electron chi connectivity index (χ2n) is 10.4. The zero-order valence-electron chi connectivity index (χ0n) is 18.8. The number of furan rings is 1. The summed E-state index contributed by atoms with van der Waals surface area (Å²) in [6.45, 7) is 1.64. The lowest BCUT2D eigenvalue weighted by Gasteiger charge is -2.57. The summed E-state index contributed by atoms with van der Waals surface area (Å²) in [5, 5.41) is 5.81. The van der Waals surface area contributed by atoms with Gasteiger partial charge in [0.15, 0.2) is 0 Å². The number of amides is 2. The Hall–Kier alpha value is -2.60. The summed E-state index contributed by atoms with van der Waals surface area (Å²) >= 11 is 0. The number of anilines is 1. The van der Waals surface area contributed by atoms with Crippen LogP contribution in [0.1, 0.15) is 54.6 Å². The van der Waals surface area contributed by atoms with E-state index in [1.54, 1.807) is 30.5 Å². The summed E-state index contributed by atoms with van der Waals surface area (Å²) in [6.07, 6.45) is 9.89. The van der Waals surface area contributed by atoms with Gasteiger partial charge >= 0.3 is 0 Å². The van der Waals surface area contributed by atoms with Gasteiger partial charge in [-0.05, 0) is 93.0 Å². The van der Waals surface area contributed by atoms with Gasteiger partial charge in [-0.3, -0.25) is 14.5 Å². The average molecular weight is 436 g/mol. The molecule has 32 heavy (non-hydrogen) atoms. The predicted molar refractivity (Wildman–Crippen MR) is 123 cm³/mol. The van der Waals surface area contributed by atoms with Gasteiger partial charge < -0.3 is 15.1 Å². The lowest BCUT2D eigenvalue weighted by atomic mass is 9.49. The van der Waals surface area contributed by atoms with Crippen molar-refractivity contribution in [3.8, 4) is 0 Å². The fraction of sp³-hybridized carbons (Fsp3) is 0.538. The highest BCUT2D eigenvalue weighted by Gasteiger charge is 2.51. The second-order valence-corrected chi connectivity index (χ2v) is 10.4. The topological polar surface area (TPSA) is 74.6 Å². The molecule has 4 aliphatic rings. The normalized spacial score (nSPS) is 28.1. The van der Waals surface area contributed by atoms with Gasteiger partial charge in [0.1, 0.15) is 5.76 Å². The summed E-state index contributed by atoms with van der Waals surface area (Å²) < 4.78 is 5.27. The van der Waals surface area contributed by atoms with Crippen molar-refractivity contribution in [1.82, 2.24) is 10.2 Å². The van der Waals surface area contributed by atoms with Crippen LogP contribution >= 0.6 is 0 Å². The molecule has 4 bridgehead atoms. The average Bonchev–Trinajstić information content (AvgIpc) is 3.24. The highest BCUT2D eigenvalue weighted by molar-refractivity contribution is 6.04. The van der Waals surface area contributed by atoms with Crippen molar-refractivity contribution < 1.29 is 14.0 Å². The van der Waals surface area contributed by atoms with Crippen LogP contribution in [0.3, 0.4) is 0 Å². The summed E-state index contributed by atoms with van der Waals surface area (Å²) in [5.41, 5.74) is 1.40. The van der Waals surface area contributed by atoms with Crippen LogP contribution in [0.15, 0.2) is 47.1 Å². The monoisotopic (exact) mass is 435 g/mol. The summed E-state index contributed by atoms with van der Waals surface area (Å²) in [7, 11) is 2.06. The summed E-state index contributed by atoms with van der Waals surface area (Å²) in [5.74, 6) is 3.11. The highest BCUT2D eigenvalue weighted by atomic mass is 16.3. The van der Waals surface area contributed by atoms with Crippen molar-refractivity contribution in [2.75, 3.05) is 25.5 Å². The Bertz CT molecular complexity index is 933. The minimum Gasteiger partial charge on any atom is -0.467 e. The van der Waals surface area contributed by atoms with E-state index in [0.29, 0.717) is 35.5 Å². The molecule has 4 saturated carbocycles. The number of hydrogen-bond donors (Lipinski definition) is 2. The quantitative estimate of drug-likeness (QED) is 0.648. The molecular formula is C26H33N3O3. The molecule has 0 radical (unpaired) electrons. The van der Waals surface area contributed by atoms with Gasteiger partial charge in [0, 0.05) is 6.54 Å². The van der Waals surface area contributed by atoms with Crippen molar-refractivity contribution in [2.24, 2.45) is 23.2 Å². The molecule has 170 valence electrons. The molecule has 2 amide bonds. The number of carbonyl (C=O) groups is 2. The lowest BCUT2D eigenvalue weighted by Crippen LogP contribution is -2.51. The maximum atomic E-state index is 12.8. The highest BCUT2D eigenvalue weighted by Crippen LogP contribution is 2.60. The smallest absolute Gasteiger partial charge is 0.253 e. The number of nitrogens with one attached hydrogen (secondary N) is 2. The Morgan fingerprint density at radius 3 is 2.38 bits per heavy atom. The standard InChI is InChI=1S/C26H33N3O3/c1-29(17-26-12-18-9-19(13-26)11-20(10-18)14-26)16-24(30)28-23-7-3-2-6-22(23)25(31)27-15-21-5-4-8-32-21/h2-8,18-20H,9-17H2,1H3,(H,27,31)(H,28,30). The number of nitrogens with zero attached hydrogens (tertiary/aromatic N) is 1. The first-order valence-corrected chi connectivity index (χ1v) is 11.9. The zero-order valence-corrected chi connectivity index (χ0v) is 18.8. The first-order valence-electron chi connectivity index (χ1n) is 11.9. The fourth-order valence-electron chi connectivity index (χ4n) is 7.01. The van der Waals surface area contributed by atoms with E-state index in [4.69, 9.17) is 4.42 Å². The van der Waals surface area contributed by atoms with E-state index < -0.39 is 0 Å². The fourth-order valence-corrected chi connectivity index (χ4v) is 7.01. The molecule has 4 aliphatic carbocycles. The number of para-hydroxylation sites is 1. The summed E-state index contributed by atoms with van der Waals surface area (Å²) in [4.78, 5) is 27.7. The van der Waals surface area contributed by atoms with Crippen molar-refractivity contribution in [3.05, 3.63) is 54.0 Å². The van der Waals surface area contributed by atoms with Crippen LogP contribution in [-0.4, -0.2) is 36.9 Å². The van der Waals surface area contributed by atoms with Gasteiger partial charge in [0.25, 0.3) is 5.91 Å². The Kier molecular flexibility index (Phi) is 5.80. The molecule has 6 rings (SSSR count). The largest absolute Gasteiger partial charge is 0.467 e. The first kappa shape index (κ1) is 21.3. The van der Waals surface area contributed by atoms with Gasteiger partial charge in [0.05, 0.1) is 30.6 Å². The van der Waals surface area contributed by atoms with Gasteiger partial charge in [-0.25, -0.2) is 0 Å². The van der Waals surface area contributed by atoms with Gasteiger partial charge in [0.2, 0.25) is 5.91 Å². The van der Waals surface area contributed by atoms with Crippen LogP contribution in [0.5, 0.6) is 0 Å². The molecule has 0 unspecified atom stereocenters. The molecule has 0 atom stereocenters. The van der Waals surface area contributed by atoms with Crippen molar-refractivity contribution >= 4 is 17.5 Å². The molecule has 1 aromatic carbocycles. The molecule has 2 aromatic rings. The molecule has 1 aromatic heterocycles. The van der Waals surface area contributed by atoms with E-state index in [-0.39, 0.29) is 11.8 Å². The van der Waals surface area contributed by atoms with Crippen molar-refractivity contribution in [2.45, 2.75) is 45.1 Å². The van der Waals surface area contributed by atoms with E-state index in [1.165, 1.54) is 38.5 Å². The predicted octanol–water partition coefficient (Wildman–Crippen LogP) is 4.30. The minimum absolute atomic E-state index is 0.0801. The SMILES string of the molecule is CN(CC(=O)Nc1ccccc1C(=O)NCc1ccco1)CC12CC3CC(CC(C3)C1)C2. The molecule has 6 nitrogen and oxygen atoms in total. The van der Waals surface area contributed by atoms with Crippen LogP contribution in [0.4, 0.5) is 5.69 Å². The Morgan fingerprint density at radius 1 is 1.03 bits per heavy atom.